The zero-order chi connectivity index (χ0) is 21.8. The van der Waals surface area contributed by atoms with Crippen molar-refractivity contribution in [3.8, 4) is 5.75 Å². The van der Waals surface area contributed by atoms with Crippen molar-refractivity contribution >= 4 is 34.7 Å². The minimum absolute atomic E-state index is 0.235. The maximum absolute atomic E-state index is 13.3. The van der Waals surface area contributed by atoms with Gasteiger partial charge in [-0.2, -0.15) is 0 Å². The molecule has 0 spiro atoms. The SMILES string of the molecule is COc1ccccc1NC1=C(c2ccc(Cl)cc2)C(=O)N(CCN2CCOCC2)C1=O. The van der Waals surface area contributed by atoms with E-state index < -0.39 is 0 Å². The van der Waals surface area contributed by atoms with Crippen LogP contribution >= 0.6 is 11.6 Å². The number of hydrogen-bond donors (Lipinski definition) is 1. The van der Waals surface area contributed by atoms with E-state index in [-0.39, 0.29) is 17.5 Å². The molecular formula is C23H24ClN3O4. The fourth-order valence-electron chi connectivity index (χ4n) is 3.73. The Morgan fingerprint density at radius 3 is 2.42 bits per heavy atom. The summed E-state index contributed by atoms with van der Waals surface area (Å²) in [6, 6.07) is 14.2. The normalized spacial score (nSPS) is 17.4. The van der Waals surface area contributed by atoms with Crippen LogP contribution in [0.1, 0.15) is 5.56 Å². The summed E-state index contributed by atoms with van der Waals surface area (Å²) in [4.78, 5) is 30.1. The summed E-state index contributed by atoms with van der Waals surface area (Å²) in [5, 5.41) is 3.71. The number of para-hydroxylation sites is 2. The predicted octanol–water partition coefficient (Wildman–Crippen LogP) is 2.87. The summed E-state index contributed by atoms with van der Waals surface area (Å²) in [5.74, 6) is -0.0930. The van der Waals surface area contributed by atoms with Crippen LogP contribution in [0.2, 0.25) is 5.02 Å². The number of rotatable bonds is 7. The molecule has 0 atom stereocenters. The van der Waals surface area contributed by atoms with Crippen LogP contribution in [0, 0.1) is 0 Å². The molecule has 7 nitrogen and oxygen atoms in total. The molecule has 1 saturated heterocycles. The molecule has 1 N–H and O–H groups in total. The molecule has 2 heterocycles. The lowest BCUT2D eigenvalue weighted by atomic mass is 10.0. The second kappa shape index (κ2) is 9.51. The van der Waals surface area contributed by atoms with Crippen molar-refractivity contribution in [3.63, 3.8) is 0 Å². The van der Waals surface area contributed by atoms with Gasteiger partial charge >= 0.3 is 0 Å². The highest BCUT2D eigenvalue weighted by Gasteiger charge is 2.39. The molecular weight excluding hydrogens is 418 g/mol. The average Bonchev–Trinajstić information content (AvgIpc) is 3.03. The van der Waals surface area contributed by atoms with Crippen LogP contribution in [0.5, 0.6) is 5.75 Å². The Morgan fingerprint density at radius 1 is 1.00 bits per heavy atom. The Kier molecular flexibility index (Phi) is 6.56. The number of nitrogens with zero attached hydrogens (tertiary/aromatic N) is 2. The Balaban J connectivity index is 1.64. The number of morpholine rings is 1. The highest BCUT2D eigenvalue weighted by Crippen LogP contribution is 2.33. The van der Waals surface area contributed by atoms with E-state index >= 15 is 0 Å². The predicted molar refractivity (Wildman–Crippen MR) is 119 cm³/mol. The van der Waals surface area contributed by atoms with Crippen molar-refractivity contribution in [2.75, 3.05) is 51.8 Å². The summed E-state index contributed by atoms with van der Waals surface area (Å²) < 4.78 is 10.8. The van der Waals surface area contributed by atoms with E-state index in [0.717, 1.165) is 13.1 Å². The third-order valence-electron chi connectivity index (χ3n) is 5.41. The van der Waals surface area contributed by atoms with Gasteiger partial charge in [0, 0.05) is 31.2 Å². The minimum Gasteiger partial charge on any atom is -0.495 e. The number of hydrogen-bond acceptors (Lipinski definition) is 6. The van der Waals surface area contributed by atoms with Gasteiger partial charge in [-0.3, -0.25) is 19.4 Å². The van der Waals surface area contributed by atoms with E-state index in [0.29, 0.717) is 53.9 Å². The maximum Gasteiger partial charge on any atom is 0.278 e. The number of nitrogens with one attached hydrogen (secondary N) is 1. The van der Waals surface area contributed by atoms with Crippen molar-refractivity contribution in [3.05, 3.63) is 64.8 Å². The van der Waals surface area contributed by atoms with Crippen molar-refractivity contribution < 1.29 is 19.1 Å². The smallest absolute Gasteiger partial charge is 0.278 e. The summed E-state index contributed by atoms with van der Waals surface area (Å²) >= 11 is 6.03. The summed E-state index contributed by atoms with van der Waals surface area (Å²) in [7, 11) is 1.56. The summed E-state index contributed by atoms with van der Waals surface area (Å²) in [6.07, 6.45) is 0. The first-order chi connectivity index (χ1) is 15.1. The van der Waals surface area contributed by atoms with Crippen LogP contribution in [0.25, 0.3) is 5.57 Å². The van der Waals surface area contributed by atoms with Gasteiger partial charge in [0.2, 0.25) is 0 Å². The van der Waals surface area contributed by atoms with E-state index in [2.05, 4.69) is 10.2 Å². The molecule has 2 aromatic carbocycles. The Labute approximate surface area is 186 Å². The topological polar surface area (TPSA) is 71.1 Å². The Hall–Kier alpha value is -2.87. The first-order valence-corrected chi connectivity index (χ1v) is 10.5. The lowest BCUT2D eigenvalue weighted by molar-refractivity contribution is -0.137. The third kappa shape index (κ3) is 4.58. The van der Waals surface area contributed by atoms with Gasteiger partial charge in [-0.05, 0) is 29.8 Å². The van der Waals surface area contributed by atoms with Crippen LogP contribution in [0.15, 0.2) is 54.2 Å². The molecule has 0 saturated carbocycles. The second-order valence-electron chi connectivity index (χ2n) is 7.30. The quantitative estimate of drug-likeness (QED) is 0.666. The molecule has 0 aromatic heterocycles. The fraction of sp³-hybridized carbons (Fsp3) is 0.304. The molecule has 162 valence electrons. The molecule has 0 bridgehead atoms. The third-order valence-corrected chi connectivity index (χ3v) is 5.66. The number of halogens is 1. The zero-order valence-electron chi connectivity index (χ0n) is 17.3. The first kappa shape index (κ1) is 21.4. The number of methoxy groups -OCH3 is 1. The molecule has 4 rings (SSSR count). The lowest BCUT2D eigenvalue weighted by Gasteiger charge is -2.28. The second-order valence-corrected chi connectivity index (χ2v) is 7.73. The highest BCUT2D eigenvalue weighted by molar-refractivity contribution is 6.37. The fourth-order valence-corrected chi connectivity index (χ4v) is 3.85. The van der Waals surface area contributed by atoms with E-state index in [1.54, 1.807) is 43.5 Å². The molecule has 2 amide bonds. The molecule has 8 heteroatoms. The van der Waals surface area contributed by atoms with E-state index in [1.165, 1.54) is 4.90 Å². The molecule has 0 unspecified atom stereocenters. The van der Waals surface area contributed by atoms with Gasteiger partial charge < -0.3 is 14.8 Å². The molecule has 1 fully saturated rings. The van der Waals surface area contributed by atoms with Gasteiger partial charge in [-0.1, -0.05) is 35.9 Å². The first-order valence-electron chi connectivity index (χ1n) is 10.1. The summed E-state index contributed by atoms with van der Waals surface area (Å²) in [5.41, 5.74) is 1.81. The van der Waals surface area contributed by atoms with Crippen LogP contribution in [0.3, 0.4) is 0 Å². The molecule has 0 radical (unpaired) electrons. The maximum atomic E-state index is 13.3. The average molecular weight is 442 g/mol. The number of ether oxygens (including phenoxy) is 2. The monoisotopic (exact) mass is 441 g/mol. The van der Waals surface area contributed by atoms with E-state index in [4.69, 9.17) is 21.1 Å². The van der Waals surface area contributed by atoms with Crippen molar-refractivity contribution in [1.29, 1.82) is 0 Å². The van der Waals surface area contributed by atoms with Gasteiger partial charge in [0.1, 0.15) is 11.4 Å². The Morgan fingerprint density at radius 2 is 1.71 bits per heavy atom. The van der Waals surface area contributed by atoms with Gasteiger partial charge in [-0.25, -0.2) is 0 Å². The molecule has 2 aliphatic heterocycles. The molecule has 0 aliphatic carbocycles. The van der Waals surface area contributed by atoms with Crippen LogP contribution in [-0.4, -0.2) is 68.1 Å². The van der Waals surface area contributed by atoms with Gasteiger partial charge in [0.05, 0.1) is 31.6 Å². The lowest BCUT2D eigenvalue weighted by Crippen LogP contribution is -2.43. The molecule has 2 aliphatic rings. The zero-order valence-corrected chi connectivity index (χ0v) is 18.0. The van der Waals surface area contributed by atoms with Crippen LogP contribution in [-0.2, 0) is 14.3 Å². The standard InChI is InChI=1S/C23H24ClN3O4/c1-30-19-5-3-2-4-18(19)25-21-20(16-6-8-17(24)9-7-16)22(28)27(23(21)29)11-10-26-12-14-31-15-13-26/h2-9,25H,10-15H2,1H3. The van der Waals surface area contributed by atoms with Gasteiger partial charge in [0.25, 0.3) is 11.8 Å². The van der Waals surface area contributed by atoms with Crippen LogP contribution < -0.4 is 10.1 Å². The van der Waals surface area contributed by atoms with E-state index in [1.807, 2.05) is 12.1 Å². The number of benzene rings is 2. The van der Waals surface area contributed by atoms with Crippen molar-refractivity contribution in [1.82, 2.24) is 9.80 Å². The summed E-state index contributed by atoms with van der Waals surface area (Å²) in [6.45, 7) is 3.83. The highest BCUT2D eigenvalue weighted by atomic mass is 35.5. The number of imide groups is 1. The van der Waals surface area contributed by atoms with Gasteiger partial charge in [0.15, 0.2) is 0 Å². The molecule has 2 aromatic rings. The Bertz CT molecular complexity index is 1000. The van der Waals surface area contributed by atoms with Crippen molar-refractivity contribution in [2.24, 2.45) is 0 Å². The van der Waals surface area contributed by atoms with E-state index in [9.17, 15) is 9.59 Å². The number of amides is 2. The van der Waals surface area contributed by atoms with Gasteiger partial charge in [-0.15, -0.1) is 0 Å². The minimum atomic E-state index is -0.353. The number of carbonyl (C=O) groups excluding carboxylic acids is 2. The molecule has 31 heavy (non-hydrogen) atoms. The largest absolute Gasteiger partial charge is 0.495 e. The van der Waals surface area contributed by atoms with Crippen LogP contribution in [0.4, 0.5) is 5.69 Å². The number of anilines is 1. The van der Waals surface area contributed by atoms with Crippen molar-refractivity contribution in [2.45, 2.75) is 0 Å². The number of carbonyl (C=O) groups is 2.